The fraction of sp³-hybridized carbons (Fsp3) is 0.400. The molecule has 2 N–H and O–H groups in total. The molecule has 2 heterocycles. The van der Waals surface area contributed by atoms with Crippen LogP contribution in [-0.2, 0) is 4.79 Å². The molecule has 0 bridgehead atoms. The zero-order valence-corrected chi connectivity index (χ0v) is 11.7. The molecule has 0 radical (unpaired) electrons. The number of aryl methyl sites for hydroxylation is 1. The largest absolute Gasteiger partial charge is 0.509 e. The van der Waals surface area contributed by atoms with Crippen LogP contribution in [0.3, 0.4) is 0 Å². The van der Waals surface area contributed by atoms with Crippen LogP contribution in [0.15, 0.2) is 30.0 Å². The Kier molecular flexibility index (Phi) is 3.05. The SMILES string of the molecule is Cc1ccccc1C1=C(O)C2(CCSCC2)NC1=O. The summed E-state index contributed by atoms with van der Waals surface area (Å²) >= 11 is 1.87. The first kappa shape index (κ1) is 12.6. The maximum atomic E-state index is 12.3. The summed E-state index contributed by atoms with van der Waals surface area (Å²) in [5, 5.41) is 13.6. The summed E-state index contributed by atoms with van der Waals surface area (Å²) in [5.41, 5.74) is 1.80. The zero-order valence-electron chi connectivity index (χ0n) is 10.9. The van der Waals surface area contributed by atoms with Gasteiger partial charge in [-0.15, -0.1) is 0 Å². The Morgan fingerprint density at radius 3 is 2.63 bits per heavy atom. The average Bonchev–Trinajstić information content (AvgIpc) is 2.63. The van der Waals surface area contributed by atoms with Crippen LogP contribution in [-0.4, -0.2) is 28.1 Å². The molecule has 1 fully saturated rings. The molecule has 0 aliphatic carbocycles. The van der Waals surface area contributed by atoms with E-state index in [9.17, 15) is 9.90 Å². The Bertz CT molecular complexity index is 559. The monoisotopic (exact) mass is 275 g/mol. The predicted molar refractivity (Wildman–Crippen MR) is 78.2 cm³/mol. The van der Waals surface area contributed by atoms with Gasteiger partial charge < -0.3 is 10.4 Å². The number of hydrogen-bond acceptors (Lipinski definition) is 3. The van der Waals surface area contributed by atoms with E-state index in [0.29, 0.717) is 5.57 Å². The van der Waals surface area contributed by atoms with Gasteiger partial charge in [0.05, 0.1) is 11.1 Å². The molecule has 0 aromatic heterocycles. The topological polar surface area (TPSA) is 49.3 Å². The molecule has 1 aromatic carbocycles. The summed E-state index contributed by atoms with van der Waals surface area (Å²) in [7, 11) is 0. The van der Waals surface area contributed by atoms with Gasteiger partial charge >= 0.3 is 0 Å². The summed E-state index contributed by atoms with van der Waals surface area (Å²) in [6, 6.07) is 7.70. The van der Waals surface area contributed by atoms with E-state index < -0.39 is 5.54 Å². The van der Waals surface area contributed by atoms with Crippen LogP contribution in [0.25, 0.3) is 5.57 Å². The molecule has 100 valence electrons. The highest BCUT2D eigenvalue weighted by Gasteiger charge is 2.46. The van der Waals surface area contributed by atoms with Gasteiger partial charge in [0.25, 0.3) is 5.91 Å². The standard InChI is InChI=1S/C15H17NO2S/c1-10-4-2-3-5-11(10)12-13(17)15(16-14(12)18)6-8-19-9-7-15/h2-5,17H,6-9H2,1H3,(H,16,18). The van der Waals surface area contributed by atoms with Crippen LogP contribution in [0.1, 0.15) is 24.0 Å². The molecule has 1 amide bonds. The van der Waals surface area contributed by atoms with Gasteiger partial charge in [-0.2, -0.15) is 11.8 Å². The van der Waals surface area contributed by atoms with Crippen LogP contribution in [0, 0.1) is 6.92 Å². The number of benzene rings is 1. The number of nitrogens with one attached hydrogen (secondary N) is 1. The molecule has 3 rings (SSSR count). The molecular formula is C15H17NO2S. The number of amides is 1. The van der Waals surface area contributed by atoms with E-state index in [1.54, 1.807) is 0 Å². The number of thioether (sulfide) groups is 1. The Hall–Kier alpha value is -1.42. The maximum absolute atomic E-state index is 12.3. The minimum absolute atomic E-state index is 0.140. The van der Waals surface area contributed by atoms with Crippen molar-refractivity contribution in [3.05, 3.63) is 41.2 Å². The summed E-state index contributed by atoms with van der Waals surface area (Å²) in [6.45, 7) is 1.96. The summed E-state index contributed by atoms with van der Waals surface area (Å²) in [6.07, 6.45) is 1.62. The highest BCUT2D eigenvalue weighted by atomic mass is 32.2. The Balaban J connectivity index is 2.09. The molecule has 1 aromatic rings. The Morgan fingerprint density at radius 1 is 1.26 bits per heavy atom. The van der Waals surface area contributed by atoms with E-state index in [2.05, 4.69) is 5.32 Å². The number of hydrogen-bond donors (Lipinski definition) is 2. The van der Waals surface area contributed by atoms with Crippen LogP contribution in [0.2, 0.25) is 0 Å². The third-order valence-electron chi connectivity index (χ3n) is 4.03. The van der Waals surface area contributed by atoms with Crippen molar-refractivity contribution >= 4 is 23.2 Å². The minimum Gasteiger partial charge on any atom is -0.509 e. The van der Waals surface area contributed by atoms with Crippen molar-refractivity contribution < 1.29 is 9.90 Å². The fourth-order valence-electron chi connectivity index (χ4n) is 2.87. The van der Waals surface area contributed by atoms with Crippen molar-refractivity contribution in [2.75, 3.05) is 11.5 Å². The second-order valence-corrected chi connectivity index (χ2v) is 6.41. The number of carbonyl (C=O) groups excluding carboxylic acids is 1. The highest BCUT2D eigenvalue weighted by Crippen LogP contribution is 2.40. The van der Waals surface area contributed by atoms with Crippen molar-refractivity contribution in [3.63, 3.8) is 0 Å². The van der Waals surface area contributed by atoms with Crippen molar-refractivity contribution in [2.24, 2.45) is 0 Å². The number of rotatable bonds is 1. The first-order chi connectivity index (χ1) is 9.14. The number of aliphatic hydroxyl groups excluding tert-OH is 1. The molecular weight excluding hydrogens is 258 g/mol. The molecule has 2 aliphatic rings. The van der Waals surface area contributed by atoms with Crippen molar-refractivity contribution in [2.45, 2.75) is 25.3 Å². The lowest BCUT2D eigenvalue weighted by molar-refractivity contribution is -0.116. The quantitative estimate of drug-likeness (QED) is 0.828. The lowest BCUT2D eigenvalue weighted by atomic mass is 9.89. The third-order valence-corrected chi connectivity index (χ3v) is 5.02. The van der Waals surface area contributed by atoms with Gasteiger partial charge in [-0.3, -0.25) is 4.79 Å². The van der Waals surface area contributed by atoms with Gasteiger partial charge in [-0.05, 0) is 42.4 Å². The van der Waals surface area contributed by atoms with Gasteiger partial charge in [0.15, 0.2) is 0 Å². The van der Waals surface area contributed by atoms with Crippen molar-refractivity contribution in [1.82, 2.24) is 5.32 Å². The molecule has 0 atom stereocenters. The van der Waals surface area contributed by atoms with Crippen LogP contribution >= 0.6 is 11.8 Å². The molecule has 1 spiro atoms. The van der Waals surface area contributed by atoms with E-state index in [4.69, 9.17) is 0 Å². The van der Waals surface area contributed by atoms with E-state index in [0.717, 1.165) is 35.5 Å². The lowest BCUT2D eigenvalue weighted by Crippen LogP contribution is -2.47. The molecule has 19 heavy (non-hydrogen) atoms. The molecule has 2 aliphatic heterocycles. The van der Waals surface area contributed by atoms with Crippen molar-refractivity contribution in [3.8, 4) is 0 Å². The van der Waals surface area contributed by atoms with Crippen LogP contribution in [0.4, 0.5) is 0 Å². The van der Waals surface area contributed by atoms with Gasteiger partial charge in [-0.1, -0.05) is 24.3 Å². The smallest absolute Gasteiger partial charge is 0.256 e. The first-order valence-electron chi connectivity index (χ1n) is 6.54. The van der Waals surface area contributed by atoms with Gasteiger partial charge in [-0.25, -0.2) is 0 Å². The highest BCUT2D eigenvalue weighted by molar-refractivity contribution is 7.99. The van der Waals surface area contributed by atoms with Gasteiger partial charge in [0.2, 0.25) is 0 Å². The minimum atomic E-state index is -0.514. The number of aliphatic hydroxyl groups is 1. The van der Waals surface area contributed by atoms with E-state index in [1.807, 2.05) is 43.0 Å². The van der Waals surface area contributed by atoms with Crippen molar-refractivity contribution in [1.29, 1.82) is 0 Å². The Labute approximate surface area is 117 Å². The van der Waals surface area contributed by atoms with Gasteiger partial charge in [0, 0.05) is 0 Å². The van der Waals surface area contributed by atoms with Crippen LogP contribution in [0.5, 0.6) is 0 Å². The molecule has 1 saturated heterocycles. The van der Waals surface area contributed by atoms with Crippen LogP contribution < -0.4 is 5.32 Å². The second-order valence-electron chi connectivity index (χ2n) is 5.19. The average molecular weight is 275 g/mol. The lowest BCUT2D eigenvalue weighted by Gasteiger charge is -2.33. The maximum Gasteiger partial charge on any atom is 0.256 e. The molecule has 0 saturated carbocycles. The number of carbonyl (C=O) groups is 1. The first-order valence-corrected chi connectivity index (χ1v) is 7.69. The molecule has 3 nitrogen and oxygen atoms in total. The predicted octanol–water partition coefficient (Wildman–Crippen LogP) is 2.66. The van der Waals surface area contributed by atoms with E-state index in [1.165, 1.54) is 0 Å². The Morgan fingerprint density at radius 2 is 1.95 bits per heavy atom. The second kappa shape index (κ2) is 4.60. The van der Waals surface area contributed by atoms with Gasteiger partial charge in [0.1, 0.15) is 5.76 Å². The van der Waals surface area contributed by atoms with E-state index >= 15 is 0 Å². The van der Waals surface area contributed by atoms with E-state index in [-0.39, 0.29) is 11.7 Å². The summed E-state index contributed by atoms with van der Waals surface area (Å²) < 4.78 is 0. The third kappa shape index (κ3) is 1.94. The normalized spacial score (nSPS) is 21.8. The summed E-state index contributed by atoms with van der Waals surface area (Å²) in [5.74, 6) is 2.06. The molecule has 0 unspecified atom stereocenters. The zero-order chi connectivity index (χ0) is 13.5. The molecule has 4 heteroatoms. The fourth-order valence-corrected chi connectivity index (χ4v) is 4.06. The summed E-state index contributed by atoms with van der Waals surface area (Å²) in [4.78, 5) is 12.3.